The Labute approximate surface area is 152 Å². The van der Waals surface area contributed by atoms with Crippen molar-refractivity contribution >= 4 is 5.97 Å². The molecule has 1 spiro atoms. The fourth-order valence-electron chi connectivity index (χ4n) is 8.34. The lowest BCUT2D eigenvalue weighted by molar-refractivity contribution is -0.234. The van der Waals surface area contributed by atoms with E-state index in [0.29, 0.717) is 17.3 Å². The molecule has 3 nitrogen and oxygen atoms in total. The Hall–Kier alpha value is -0.570. The van der Waals surface area contributed by atoms with Gasteiger partial charge in [-0.1, -0.05) is 20.8 Å². The SMILES string of the molecule is CC(=O)OC1CCC(C)(C)[C@@H]2CC[C@]34C[C@H](CC[C@H]3[C@@]12CO)[C@H](C)C4. The Balaban J connectivity index is 1.80. The van der Waals surface area contributed by atoms with E-state index in [1.54, 1.807) is 0 Å². The number of aliphatic hydroxyl groups is 1. The Morgan fingerprint density at radius 3 is 2.52 bits per heavy atom. The van der Waals surface area contributed by atoms with Crippen molar-refractivity contribution in [3.05, 3.63) is 0 Å². The fourth-order valence-corrected chi connectivity index (χ4v) is 8.34. The largest absolute Gasteiger partial charge is 0.462 e. The minimum atomic E-state index is -0.222. The molecule has 2 bridgehead atoms. The highest BCUT2D eigenvalue weighted by Crippen LogP contribution is 2.72. The van der Waals surface area contributed by atoms with Crippen molar-refractivity contribution in [2.45, 2.75) is 85.2 Å². The second kappa shape index (κ2) is 5.71. The van der Waals surface area contributed by atoms with Crippen LogP contribution in [0, 0.1) is 39.9 Å². The van der Waals surface area contributed by atoms with Crippen LogP contribution in [0.2, 0.25) is 0 Å². The van der Waals surface area contributed by atoms with Crippen LogP contribution >= 0.6 is 0 Å². The first-order valence-electron chi connectivity index (χ1n) is 10.5. The molecule has 0 aromatic rings. The number of hydrogen-bond acceptors (Lipinski definition) is 3. The Bertz CT molecular complexity index is 551. The molecular formula is C22H36O3. The van der Waals surface area contributed by atoms with Gasteiger partial charge in [0.15, 0.2) is 0 Å². The molecule has 0 heterocycles. The minimum Gasteiger partial charge on any atom is -0.462 e. The van der Waals surface area contributed by atoms with Gasteiger partial charge in [0.05, 0.1) is 6.61 Å². The van der Waals surface area contributed by atoms with E-state index in [0.717, 1.165) is 24.7 Å². The van der Waals surface area contributed by atoms with Gasteiger partial charge >= 0.3 is 5.97 Å². The van der Waals surface area contributed by atoms with Crippen LogP contribution in [-0.2, 0) is 9.53 Å². The lowest BCUT2D eigenvalue weighted by Crippen LogP contribution is -2.65. The summed E-state index contributed by atoms with van der Waals surface area (Å²) in [6.07, 6.45) is 9.62. The third kappa shape index (κ3) is 2.37. The number of rotatable bonds is 2. The Morgan fingerprint density at radius 1 is 1.08 bits per heavy atom. The van der Waals surface area contributed by atoms with Gasteiger partial charge in [0.25, 0.3) is 0 Å². The molecule has 1 unspecified atom stereocenters. The quantitative estimate of drug-likeness (QED) is 0.744. The van der Waals surface area contributed by atoms with Crippen molar-refractivity contribution < 1.29 is 14.6 Å². The van der Waals surface area contributed by atoms with Gasteiger partial charge in [0, 0.05) is 12.3 Å². The maximum atomic E-state index is 11.9. The van der Waals surface area contributed by atoms with Crippen molar-refractivity contribution in [2.24, 2.45) is 39.9 Å². The number of fused-ring (bicyclic) bond motifs is 3. The standard InChI is InChI=1S/C22H36O3/c1-14-11-21-10-7-17-20(3,4)9-8-19(25-15(2)24)22(17,13-23)18(21)6-5-16(14)12-21/h14,16-19,23H,5-13H2,1-4H3/t14-,16+,17+,18-,19?,21+,22+/m1/s1. The summed E-state index contributed by atoms with van der Waals surface area (Å²) in [5.74, 6) is 2.51. The van der Waals surface area contributed by atoms with Crippen LogP contribution in [0.5, 0.6) is 0 Å². The van der Waals surface area contributed by atoms with E-state index in [2.05, 4.69) is 20.8 Å². The van der Waals surface area contributed by atoms with Crippen molar-refractivity contribution in [1.82, 2.24) is 0 Å². The molecule has 142 valence electrons. The topological polar surface area (TPSA) is 46.5 Å². The summed E-state index contributed by atoms with van der Waals surface area (Å²) >= 11 is 0. The van der Waals surface area contributed by atoms with E-state index >= 15 is 0 Å². The maximum absolute atomic E-state index is 11.9. The van der Waals surface area contributed by atoms with Crippen LogP contribution in [0.4, 0.5) is 0 Å². The van der Waals surface area contributed by atoms with Crippen LogP contribution < -0.4 is 0 Å². The third-order valence-electron chi connectivity index (χ3n) is 9.17. The Kier molecular flexibility index (Phi) is 4.07. The summed E-state index contributed by atoms with van der Waals surface area (Å²) in [6.45, 7) is 8.92. The molecule has 0 aromatic heterocycles. The second-order valence-electron chi connectivity index (χ2n) is 10.6. The smallest absolute Gasteiger partial charge is 0.302 e. The van der Waals surface area contributed by atoms with E-state index in [4.69, 9.17) is 4.74 Å². The van der Waals surface area contributed by atoms with Gasteiger partial charge < -0.3 is 9.84 Å². The highest BCUT2D eigenvalue weighted by molar-refractivity contribution is 5.66. The molecule has 0 radical (unpaired) electrons. The molecular weight excluding hydrogens is 312 g/mol. The van der Waals surface area contributed by atoms with Gasteiger partial charge in [-0.05, 0) is 85.9 Å². The molecule has 0 aromatic carbocycles. The first-order valence-corrected chi connectivity index (χ1v) is 10.5. The molecule has 4 saturated carbocycles. The normalized spacial score (nSPS) is 50.7. The lowest BCUT2D eigenvalue weighted by Gasteiger charge is -2.66. The van der Waals surface area contributed by atoms with Crippen molar-refractivity contribution in [2.75, 3.05) is 6.61 Å². The molecule has 4 aliphatic carbocycles. The molecule has 7 atom stereocenters. The van der Waals surface area contributed by atoms with E-state index in [9.17, 15) is 9.90 Å². The zero-order chi connectivity index (χ0) is 18.0. The zero-order valence-electron chi connectivity index (χ0n) is 16.5. The summed E-state index contributed by atoms with van der Waals surface area (Å²) in [7, 11) is 0. The molecule has 4 rings (SSSR count). The molecule has 1 N–H and O–H groups in total. The average Bonchev–Trinajstić information content (AvgIpc) is 2.78. The number of aliphatic hydroxyl groups excluding tert-OH is 1. The summed E-state index contributed by atoms with van der Waals surface area (Å²) in [5, 5.41) is 10.8. The van der Waals surface area contributed by atoms with Gasteiger partial charge in [0.2, 0.25) is 0 Å². The van der Waals surface area contributed by atoms with Gasteiger partial charge in [-0.2, -0.15) is 0 Å². The molecule has 0 amide bonds. The fraction of sp³-hybridized carbons (Fsp3) is 0.955. The predicted octanol–water partition coefficient (Wildman–Crippen LogP) is 4.57. The van der Waals surface area contributed by atoms with Crippen molar-refractivity contribution in [3.8, 4) is 0 Å². The van der Waals surface area contributed by atoms with Crippen LogP contribution in [0.15, 0.2) is 0 Å². The lowest BCUT2D eigenvalue weighted by atomic mass is 9.40. The van der Waals surface area contributed by atoms with E-state index in [-0.39, 0.29) is 29.5 Å². The molecule has 3 heteroatoms. The number of ether oxygens (including phenoxy) is 1. The first-order chi connectivity index (χ1) is 11.7. The molecule has 25 heavy (non-hydrogen) atoms. The van der Waals surface area contributed by atoms with E-state index in [1.165, 1.54) is 45.4 Å². The highest BCUT2D eigenvalue weighted by Gasteiger charge is 2.68. The Morgan fingerprint density at radius 2 is 1.84 bits per heavy atom. The van der Waals surface area contributed by atoms with Crippen LogP contribution in [0.3, 0.4) is 0 Å². The number of carbonyl (C=O) groups is 1. The van der Waals surface area contributed by atoms with E-state index < -0.39 is 0 Å². The van der Waals surface area contributed by atoms with E-state index in [1.807, 2.05) is 0 Å². The van der Waals surface area contributed by atoms with Crippen LogP contribution in [0.1, 0.15) is 79.1 Å². The predicted molar refractivity (Wildman–Crippen MR) is 97.9 cm³/mol. The average molecular weight is 349 g/mol. The molecule has 0 aliphatic heterocycles. The first kappa shape index (κ1) is 17.8. The highest BCUT2D eigenvalue weighted by atomic mass is 16.5. The minimum absolute atomic E-state index is 0.0948. The summed E-state index contributed by atoms with van der Waals surface area (Å²) in [4.78, 5) is 11.9. The molecule has 4 aliphatic rings. The molecule has 0 saturated heterocycles. The summed E-state index contributed by atoms with van der Waals surface area (Å²) < 4.78 is 5.93. The number of esters is 1. The van der Waals surface area contributed by atoms with Gasteiger partial charge in [-0.3, -0.25) is 4.79 Å². The zero-order valence-corrected chi connectivity index (χ0v) is 16.5. The van der Waals surface area contributed by atoms with Crippen LogP contribution in [0.25, 0.3) is 0 Å². The van der Waals surface area contributed by atoms with Gasteiger partial charge in [0.1, 0.15) is 6.10 Å². The monoisotopic (exact) mass is 348 g/mol. The van der Waals surface area contributed by atoms with Gasteiger partial charge in [-0.15, -0.1) is 0 Å². The second-order valence-corrected chi connectivity index (χ2v) is 10.6. The van der Waals surface area contributed by atoms with Crippen molar-refractivity contribution in [3.63, 3.8) is 0 Å². The molecule has 4 fully saturated rings. The third-order valence-corrected chi connectivity index (χ3v) is 9.17. The van der Waals surface area contributed by atoms with Crippen LogP contribution in [-0.4, -0.2) is 23.8 Å². The summed E-state index contributed by atoms with van der Waals surface area (Å²) in [5.41, 5.74) is 0.399. The number of carbonyl (C=O) groups excluding carboxylic acids is 1. The summed E-state index contributed by atoms with van der Waals surface area (Å²) in [6, 6.07) is 0. The maximum Gasteiger partial charge on any atom is 0.302 e. The number of hydrogen-bond donors (Lipinski definition) is 1. The van der Waals surface area contributed by atoms with Crippen molar-refractivity contribution in [1.29, 1.82) is 0 Å². The van der Waals surface area contributed by atoms with Gasteiger partial charge in [-0.25, -0.2) is 0 Å².